The van der Waals surface area contributed by atoms with Crippen LogP contribution in [-0.4, -0.2) is 1.43 Å². The van der Waals surface area contributed by atoms with Gasteiger partial charge in [0.15, 0.2) is 0 Å². The fourth-order valence-corrected chi connectivity index (χ4v) is 6.46. The van der Waals surface area contributed by atoms with E-state index in [9.17, 15) is 0 Å². The number of fused-ring (bicyclic) bond motifs is 9. The highest BCUT2D eigenvalue weighted by Gasteiger charge is 2.54. The van der Waals surface area contributed by atoms with Crippen molar-refractivity contribution in [3.8, 4) is 11.1 Å². The van der Waals surface area contributed by atoms with Crippen molar-refractivity contribution in [1.82, 2.24) is 0 Å². The zero-order valence-electron chi connectivity index (χ0n) is 14.5. The summed E-state index contributed by atoms with van der Waals surface area (Å²) in [6, 6.07) is 27.1. The van der Waals surface area contributed by atoms with E-state index in [4.69, 9.17) is 0 Å². The van der Waals surface area contributed by atoms with Gasteiger partial charge in [-0.05, 0) is 50.9 Å². The summed E-state index contributed by atoms with van der Waals surface area (Å²) in [4.78, 5) is 0. The number of halogens is 2. The number of benzene rings is 3. The lowest BCUT2D eigenvalue weighted by molar-refractivity contribution is 0.718. The molecule has 3 aromatic rings. The highest BCUT2D eigenvalue weighted by atomic mass is 127. The monoisotopic (exact) mass is 570 g/mol. The largest absolute Gasteiger partial charge is 0.0954 e. The van der Waals surface area contributed by atoms with Crippen LogP contribution in [0.5, 0.6) is 0 Å². The molecule has 0 amide bonds. The molecule has 0 saturated heterocycles. The Morgan fingerprint density at radius 1 is 0.630 bits per heavy atom. The van der Waals surface area contributed by atoms with Crippen LogP contribution in [0.15, 0.2) is 90.5 Å². The minimum absolute atomic E-state index is 0.121. The van der Waals surface area contributed by atoms with Crippen LogP contribution in [-0.2, 0) is 5.41 Å². The Morgan fingerprint density at radius 3 is 1.70 bits per heavy atom. The molecule has 130 valence electrons. The minimum Gasteiger partial charge on any atom is -0.0622 e. The van der Waals surface area contributed by atoms with Crippen LogP contribution in [0.1, 0.15) is 28.7 Å². The predicted octanol–water partition coefficient (Wildman–Crippen LogP) is 7.29. The van der Waals surface area contributed by atoms with Gasteiger partial charge in [0.25, 0.3) is 0 Å². The van der Waals surface area contributed by atoms with Gasteiger partial charge in [-0.25, -0.2) is 0 Å². The average Bonchev–Trinajstić information content (AvgIpc) is 3.14. The van der Waals surface area contributed by atoms with Gasteiger partial charge in [0.05, 0.1) is 6.84 Å². The van der Waals surface area contributed by atoms with Gasteiger partial charge in [0, 0.05) is 0 Å². The molecule has 0 aromatic heterocycles. The molecule has 27 heavy (non-hydrogen) atoms. The Bertz CT molecular complexity index is 1130. The molecular weight excluding hydrogens is 554 g/mol. The van der Waals surface area contributed by atoms with Crippen LogP contribution < -0.4 is 0 Å². The summed E-state index contributed by atoms with van der Waals surface area (Å²) in [5.74, 6) is 0. The Labute approximate surface area is 186 Å². The maximum atomic E-state index is 2.60. The third kappa shape index (κ3) is 2.03. The first-order valence-electron chi connectivity index (χ1n) is 9.23. The second kappa shape index (κ2) is 5.57. The van der Waals surface area contributed by atoms with Crippen LogP contribution in [0.4, 0.5) is 0 Å². The topological polar surface area (TPSA) is 0 Å². The molecule has 0 saturated carbocycles. The molecule has 1 spiro atoms. The molecule has 0 aliphatic heterocycles. The molecule has 0 heterocycles. The van der Waals surface area contributed by atoms with Crippen LogP contribution in [0.25, 0.3) is 16.7 Å². The van der Waals surface area contributed by atoms with Crippen LogP contribution >= 0.6 is 45.2 Å². The van der Waals surface area contributed by atoms with Gasteiger partial charge < -0.3 is 0 Å². The molecule has 2 heteroatoms. The molecule has 0 N–H and O–H groups in total. The van der Waals surface area contributed by atoms with Gasteiger partial charge in [-0.2, -0.15) is 0 Å². The van der Waals surface area contributed by atoms with E-state index in [0.717, 1.165) is 6.42 Å². The molecule has 0 radical (unpaired) electrons. The molecule has 0 bridgehead atoms. The summed E-state index contributed by atoms with van der Waals surface area (Å²) in [5, 5.41) is 0. The lowest BCUT2D eigenvalue weighted by Gasteiger charge is -2.36. The Hall–Kier alpha value is -1.40. The molecule has 0 fully saturated rings. The Morgan fingerprint density at radius 2 is 1.11 bits per heavy atom. The number of hydrogen-bond acceptors (Lipinski definition) is 0. The highest BCUT2D eigenvalue weighted by molar-refractivity contribution is 14.2. The van der Waals surface area contributed by atoms with E-state index in [1.54, 1.807) is 5.57 Å². The van der Waals surface area contributed by atoms with E-state index in [1.807, 2.05) is 0 Å². The zero-order chi connectivity index (χ0) is 18.2. The van der Waals surface area contributed by atoms with Gasteiger partial charge in [-0.15, -0.1) is 0 Å². The maximum Gasteiger partial charge on any atom is 0.0954 e. The molecular formula is C25H16I2. The summed E-state index contributed by atoms with van der Waals surface area (Å²) in [7, 11) is 0. The number of allylic oxidation sites excluding steroid dienone is 4. The van der Waals surface area contributed by atoms with Crippen molar-refractivity contribution in [3.63, 3.8) is 0 Å². The molecule has 0 nitrogen and oxygen atoms in total. The summed E-state index contributed by atoms with van der Waals surface area (Å²) in [6.45, 7) is 0. The molecule has 6 rings (SSSR count). The highest BCUT2D eigenvalue weighted by Crippen LogP contribution is 2.65. The Balaban J connectivity index is 1.81. The minimum atomic E-state index is -0.147. The van der Waals surface area contributed by atoms with Crippen LogP contribution in [0, 0.1) is 0 Å². The lowest BCUT2D eigenvalue weighted by atomic mass is 9.68. The summed E-state index contributed by atoms with van der Waals surface area (Å²) in [6.07, 6.45) is 5.81. The van der Waals surface area contributed by atoms with Gasteiger partial charge in [-0.3, -0.25) is 0 Å². The molecule has 0 unspecified atom stereocenters. The van der Waals surface area contributed by atoms with Crippen molar-refractivity contribution in [2.75, 3.05) is 0 Å². The second-order valence-corrected chi connectivity index (χ2v) is 13.5. The normalized spacial score (nSPS) is 19.6. The predicted molar refractivity (Wildman–Crippen MR) is 130 cm³/mol. The second-order valence-electron chi connectivity index (χ2n) is 7.55. The standard InChI is InChI=1S/C25H16I2/c26-24(27)14-13-19-18-9-3-6-12-22(18)25(23(19)15-24)20-10-4-1-7-16(20)17-8-2-5-11-21(17)25/h1-14H,15H2. The first-order chi connectivity index (χ1) is 13.1. The fraction of sp³-hybridized carbons (Fsp3) is 0.120. The Kier molecular flexibility index (Phi) is 3.41. The van der Waals surface area contributed by atoms with Gasteiger partial charge in [0.1, 0.15) is 0 Å². The van der Waals surface area contributed by atoms with Crippen LogP contribution in [0.3, 0.4) is 0 Å². The van der Waals surface area contributed by atoms with E-state index < -0.39 is 0 Å². The van der Waals surface area contributed by atoms with E-state index >= 15 is 0 Å². The summed E-state index contributed by atoms with van der Waals surface area (Å²) >= 11 is 5.20. The van der Waals surface area contributed by atoms with Crippen molar-refractivity contribution in [1.29, 1.82) is 0 Å². The third-order valence-corrected chi connectivity index (χ3v) is 7.74. The first kappa shape index (κ1) is 16.5. The van der Waals surface area contributed by atoms with E-state index in [-0.39, 0.29) is 6.84 Å². The van der Waals surface area contributed by atoms with Gasteiger partial charge in [0.2, 0.25) is 0 Å². The van der Waals surface area contributed by atoms with Gasteiger partial charge in [-0.1, -0.05) is 130 Å². The molecule has 3 aliphatic rings. The van der Waals surface area contributed by atoms with Crippen molar-refractivity contribution >= 4 is 50.8 Å². The van der Waals surface area contributed by atoms with E-state index in [2.05, 4.69) is 130 Å². The van der Waals surface area contributed by atoms with Crippen molar-refractivity contribution in [3.05, 3.63) is 113 Å². The quantitative estimate of drug-likeness (QED) is 0.197. The smallest absolute Gasteiger partial charge is 0.0622 e. The summed E-state index contributed by atoms with van der Waals surface area (Å²) in [5.41, 5.74) is 11.4. The van der Waals surface area contributed by atoms with Crippen LogP contribution in [0.2, 0.25) is 0 Å². The molecule has 3 aromatic carbocycles. The zero-order valence-corrected chi connectivity index (χ0v) is 18.9. The third-order valence-electron chi connectivity index (χ3n) is 6.26. The number of hydrogen-bond donors (Lipinski definition) is 0. The fourth-order valence-electron chi connectivity index (χ4n) is 5.34. The number of rotatable bonds is 0. The van der Waals surface area contributed by atoms with E-state index in [1.165, 1.54) is 39.0 Å². The molecule has 3 aliphatic carbocycles. The lowest BCUT2D eigenvalue weighted by Crippen LogP contribution is -2.30. The van der Waals surface area contributed by atoms with Crippen molar-refractivity contribution in [2.45, 2.75) is 13.3 Å². The van der Waals surface area contributed by atoms with Crippen molar-refractivity contribution < 1.29 is 0 Å². The van der Waals surface area contributed by atoms with Crippen molar-refractivity contribution in [2.24, 2.45) is 0 Å². The first-order valence-corrected chi connectivity index (χ1v) is 11.4. The van der Waals surface area contributed by atoms with Gasteiger partial charge >= 0.3 is 0 Å². The SMILES string of the molecule is IC1(I)C=CC2=C(C1)C1(c3ccccc32)c2ccccc2-c2ccccc21. The average molecular weight is 570 g/mol. The van der Waals surface area contributed by atoms with E-state index in [0.29, 0.717) is 0 Å². The number of alkyl halides is 2. The molecule has 0 atom stereocenters. The summed E-state index contributed by atoms with van der Waals surface area (Å²) < 4.78 is 0.121. The maximum absolute atomic E-state index is 2.60.